The van der Waals surface area contributed by atoms with Crippen molar-refractivity contribution in [2.45, 2.75) is 25.6 Å². The van der Waals surface area contributed by atoms with Crippen LogP contribution in [0.3, 0.4) is 0 Å². The number of rotatable bonds is 2. The molecule has 0 radical (unpaired) electrons. The smallest absolute Gasteiger partial charge is 0.332 e. The Kier molecular flexibility index (Phi) is 2.29. The molecular formula is C8H12O3. The maximum absolute atomic E-state index is 10.8. The Bertz CT molecular complexity index is 168. The van der Waals surface area contributed by atoms with Crippen molar-refractivity contribution in [3.63, 3.8) is 0 Å². The number of ether oxygens (including phenoxy) is 2. The maximum Gasteiger partial charge on any atom is 0.332 e. The van der Waals surface area contributed by atoms with E-state index >= 15 is 0 Å². The molecule has 0 aromatic rings. The van der Waals surface area contributed by atoms with Gasteiger partial charge < -0.3 is 9.47 Å². The average Bonchev–Trinajstić information content (AvgIpc) is 2.36. The highest BCUT2D eigenvalue weighted by atomic mass is 16.7. The summed E-state index contributed by atoms with van der Waals surface area (Å²) in [5.74, 6) is -1.12. The van der Waals surface area contributed by atoms with Gasteiger partial charge in [0.05, 0.1) is 6.61 Å². The molecule has 0 aromatic carbocycles. The molecular weight excluding hydrogens is 144 g/mol. The largest absolute Gasteiger partial charge is 0.430 e. The van der Waals surface area contributed by atoms with E-state index in [9.17, 15) is 4.79 Å². The highest BCUT2D eigenvalue weighted by Gasteiger charge is 2.32. The molecule has 3 nitrogen and oxygen atoms in total. The molecule has 1 heterocycles. The summed E-state index contributed by atoms with van der Waals surface area (Å²) in [6.07, 6.45) is 2.86. The van der Waals surface area contributed by atoms with Crippen molar-refractivity contribution in [2.75, 3.05) is 6.61 Å². The molecule has 3 heteroatoms. The first-order valence-electron chi connectivity index (χ1n) is 3.66. The van der Waals surface area contributed by atoms with E-state index in [1.807, 2.05) is 0 Å². The van der Waals surface area contributed by atoms with Crippen LogP contribution in [0.5, 0.6) is 0 Å². The molecule has 1 unspecified atom stereocenters. The number of hydrogen-bond donors (Lipinski definition) is 0. The summed E-state index contributed by atoms with van der Waals surface area (Å²) < 4.78 is 10.2. The SMILES string of the molecule is C=CC(=O)OC1(C)CCCO1. The highest BCUT2D eigenvalue weighted by molar-refractivity contribution is 5.81. The van der Waals surface area contributed by atoms with E-state index in [-0.39, 0.29) is 0 Å². The van der Waals surface area contributed by atoms with E-state index in [1.54, 1.807) is 6.92 Å². The van der Waals surface area contributed by atoms with Crippen LogP contribution < -0.4 is 0 Å². The Morgan fingerprint density at radius 3 is 3.00 bits per heavy atom. The monoisotopic (exact) mass is 156 g/mol. The van der Waals surface area contributed by atoms with Gasteiger partial charge in [0, 0.05) is 19.4 Å². The Labute approximate surface area is 66.0 Å². The highest BCUT2D eigenvalue weighted by Crippen LogP contribution is 2.26. The van der Waals surface area contributed by atoms with Crippen LogP contribution in [0, 0.1) is 0 Å². The zero-order valence-corrected chi connectivity index (χ0v) is 6.63. The van der Waals surface area contributed by atoms with E-state index < -0.39 is 11.8 Å². The number of carbonyl (C=O) groups excluding carboxylic acids is 1. The summed E-state index contributed by atoms with van der Waals surface area (Å²) in [5.41, 5.74) is 0. The van der Waals surface area contributed by atoms with Crippen LogP contribution in [-0.2, 0) is 14.3 Å². The molecule has 0 saturated carbocycles. The van der Waals surface area contributed by atoms with Gasteiger partial charge in [-0.25, -0.2) is 4.79 Å². The van der Waals surface area contributed by atoms with Crippen molar-refractivity contribution in [2.24, 2.45) is 0 Å². The fourth-order valence-corrected chi connectivity index (χ4v) is 1.09. The predicted molar refractivity (Wildman–Crippen MR) is 39.9 cm³/mol. The lowest BCUT2D eigenvalue weighted by atomic mass is 10.2. The molecule has 1 rings (SSSR count). The van der Waals surface area contributed by atoms with Gasteiger partial charge in [-0.05, 0) is 6.42 Å². The second-order valence-electron chi connectivity index (χ2n) is 2.71. The summed E-state index contributed by atoms with van der Waals surface area (Å²) >= 11 is 0. The van der Waals surface area contributed by atoms with Crippen molar-refractivity contribution in [1.82, 2.24) is 0 Å². The van der Waals surface area contributed by atoms with E-state index in [4.69, 9.17) is 9.47 Å². The zero-order valence-electron chi connectivity index (χ0n) is 6.63. The van der Waals surface area contributed by atoms with Crippen LogP contribution >= 0.6 is 0 Å². The van der Waals surface area contributed by atoms with Crippen molar-refractivity contribution < 1.29 is 14.3 Å². The summed E-state index contributed by atoms with van der Waals surface area (Å²) in [6, 6.07) is 0. The first-order chi connectivity index (χ1) is 5.16. The van der Waals surface area contributed by atoms with Gasteiger partial charge in [0.25, 0.3) is 0 Å². The van der Waals surface area contributed by atoms with Crippen LogP contribution in [0.1, 0.15) is 19.8 Å². The van der Waals surface area contributed by atoms with Gasteiger partial charge in [-0.3, -0.25) is 0 Å². The maximum atomic E-state index is 10.8. The Hall–Kier alpha value is -0.830. The average molecular weight is 156 g/mol. The number of hydrogen-bond acceptors (Lipinski definition) is 3. The Morgan fingerprint density at radius 1 is 1.82 bits per heavy atom. The predicted octanol–water partition coefficient (Wildman–Crippen LogP) is 1.24. The van der Waals surface area contributed by atoms with Gasteiger partial charge in [-0.2, -0.15) is 0 Å². The van der Waals surface area contributed by atoms with Crippen LogP contribution in [0.4, 0.5) is 0 Å². The molecule has 1 atom stereocenters. The van der Waals surface area contributed by atoms with Crippen molar-refractivity contribution >= 4 is 5.97 Å². The van der Waals surface area contributed by atoms with Crippen LogP contribution in [0.2, 0.25) is 0 Å². The molecule has 0 N–H and O–H groups in total. The third-order valence-electron chi connectivity index (χ3n) is 1.67. The molecule has 1 aliphatic rings. The minimum absolute atomic E-state index is 0.422. The molecule has 1 aliphatic heterocycles. The van der Waals surface area contributed by atoms with Crippen LogP contribution in [0.15, 0.2) is 12.7 Å². The lowest BCUT2D eigenvalue weighted by molar-refractivity contribution is -0.200. The molecule has 0 spiro atoms. The molecule has 1 fully saturated rings. The molecule has 62 valence electrons. The lowest BCUT2D eigenvalue weighted by Gasteiger charge is -2.21. The molecule has 0 aliphatic carbocycles. The molecule has 1 saturated heterocycles. The number of esters is 1. The van der Waals surface area contributed by atoms with E-state index in [2.05, 4.69) is 6.58 Å². The third-order valence-corrected chi connectivity index (χ3v) is 1.67. The van der Waals surface area contributed by atoms with Gasteiger partial charge >= 0.3 is 5.97 Å². The molecule has 11 heavy (non-hydrogen) atoms. The summed E-state index contributed by atoms with van der Waals surface area (Å²) in [6.45, 7) is 5.74. The van der Waals surface area contributed by atoms with Gasteiger partial charge in [0.1, 0.15) is 0 Å². The van der Waals surface area contributed by atoms with Gasteiger partial charge in [-0.15, -0.1) is 0 Å². The quantitative estimate of drug-likeness (QED) is 0.445. The van der Waals surface area contributed by atoms with E-state index in [0.717, 1.165) is 18.9 Å². The summed E-state index contributed by atoms with van der Waals surface area (Å²) in [4.78, 5) is 10.8. The fraction of sp³-hybridized carbons (Fsp3) is 0.625. The normalized spacial score (nSPS) is 29.9. The van der Waals surface area contributed by atoms with Gasteiger partial charge in [0.15, 0.2) is 0 Å². The van der Waals surface area contributed by atoms with Crippen molar-refractivity contribution in [3.05, 3.63) is 12.7 Å². The van der Waals surface area contributed by atoms with Crippen LogP contribution in [0.25, 0.3) is 0 Å². The van der Waals surface area contributed by atoms with Crippen molar-refractivity contribution in [3.8, 4) is 0 Å². The molecule has 0 bridgehead atoms. The Morgan fingerprint density at radius 2 is 2.55 bits per heavy atom. The zero-order chi connectivity index (χ0) is 8.32. The first-order valence-corrected chi connectivity index (χ1v) is 3.66. The number of carbonyl (C=O) groups is 1. The van der Waals surface area contributed by atoms with Gasteiger partial charge in [0.2, 0.25) is 5.79 Å². The summed E-state index contributed by atoms with van der Waals surface area (Å²) in [5, 5.41) is 0. The minimum atomic E-state index is -0.703. The lowest BCUT2D eigenvalue weighted by Crippen LogP contribution is -2.29. The standard InChI is InChI=1S/C8H12O3/c1-3-7(9)11-8(2)5-4-6-10-8/h3H,1,4-6H2,2H3. The van der Waals surface area contributed by atoms with Crippen LogP contribution in [-0.4, -0.2) is 18.4 Å². The third kappa shape index (κ3) is 2.05. The second-order valence-corrected chi connectivity index (χ2v) is 2.71. The van der Waals surface area contributed by atoms with E-state index in [1.165, 1.54) is 0 Å². The minimum Gasteiger partial charge on any atom is -0.430 e. The fourth-order valence-electron chi connectivity index (χ4n) is 1.09. The second kappa shape index (κ2) is 3.05. The topological polar surface area (TPSA) is 35.5 Å². The Balaban J connectivity index is 2.45. The molecule has 0 aromatic heterocycles. The van der Waals surface area contributed by atoms with E-state index in [0.29, 0.717) is 6.61 Å². The first kappa shape index (κ1) is 8.27. The van der Waals surface area contributed by atoms with Gasteiger partial charge in [-0.1, -0.05) is 6.58 Å². The van der Waals surface area contributed by atoms with Crippen molar-refractivity contribution in [1.29, 1.82) is 0 Å². The summed E-state index contributed by atoms with van der Waals surface area (Å²) in [7, 11) is 0. The molecule has 0 amide bonds.